The molecular formula is C26H37ClN8O2. The van der Waals surface area contributed by atoms with Crippen LogP contribution in [0, 0.1) is 11.8 Å². The fourth-order valence-electron chi connectivity index (χ4n) is 5.77. The molecule has 0 aromatic carbocycles. The zero-order chi connectivity index (χ0) is 25.8. The minimum Gasteiger partial charge on any atom is -0.490 e. The van der Waals surface area contributed by atoms with E-state index in [-0.39, 0.29) is 18.0 Å². The molecule has 10 nitrogen and oxygen atoms in total. The number of carbonyl (C=O) groups is 1. The summed E-state index contributed by atoms with van der Waals surface area (Å²) in [4.78, 5) is 36.4. The highest BCUT2D eigenvalue weighted by atomic mass is 35.5. The number of hydrogen-bond acceptors (Lipinski definition) is 9. The maximum absolute atomic E-state index is 12.3. The van der Waals surface area contributed by atoms with Crippen molar-refractivity contribution in [3.05, 3.63) is 29.8 Å². The lowest BCUT2D eigenvalue weighted by Crippen LogP contribution is -2.51. The van der Waals surface area contributed by atoms with Gasteiger partial charge in [0.2, 0.25) is 17.8 Å². The number of likely N-dealkylation sites (tertiary alicyclic amines) is 1. The average Bonchev–Trinajstić information content (AvgIpc) is 3.31. The van der Waals surface area contributed by atoms with Crippen molar-refractivity contribution in [1.29, 1.82) is 0 Å². The first-order valence-corrected chi connectivity index (χ1v) is 13.8. The van der Waals surface area contributed by atoms with Gasteiger partial charge in [0, 0.05) is 45.2 Å². The van der Waals surface area contributed by atoms with E-state index in [1.807, 2.05) is 4.90 Å². The van der Waals surface area contributed by atoms with Crippen LogP contribution in [0.3, 0.4) is 0 Å². The summed E-state index contributed by atoms with van der Waals surface area (Å²) < 4.78 is 5.97. The molecule has 0 radical (unpaired) electrons. The lowest BCUT2D eigenvalue weighted by Gasteiger charge is -2.34. The van der Waals surface area contributed by atoms with Gasteiger partial charge in [-0.3, -0.25) is 4.79 Å². The summed E-state index contributed by atoms with van der Waals surface area (Å²) in [5, 5.41) is 0.562. The van der Waals surface area contributed by atoms with E-state index in [1.165, 1.54) is 0 Å². The average molecular weight is 529 g/mol. The maximum atomic E-state index is 12.3. The van der Waals surface area contributed by atoms with Crippen molar-refractivity contribution in [2.45, 2.75) is 57.5 Å². The van der Waals surface area contributed by atoms with Crippen LogP contribution in [0.5, 0.6) is 5.75 Å². The first-order valence-electron chi connectivity index (χ1n) is 13.5. The summed E-state index contributed by atoms with van der Waals surface area (Å²) in [6, 6.07) is -0.0620. The molecule has 0 aliphatic carbocycles. The minimum atomic E-state index is -0.0892. The van der Waals surface area contributed by atoms with Crippen molar-refractivity contribution < 1.29 is 9.53 Å². The molecule has 200 valence electrons. The third-order valence-electron chi connectivity index (χ3n) is 8.07. The molecule has 2 N–H and O–H groups in total. The van der Waals surface area contributed by atoms with E-state index < -0.39 is 0 Å². The van der Waals surface area contributed by atoms with E-state index >= 15 is 0 Å². The predicted molar refractivity (Wildman–Crippen MR) is 143 cm³/mol. The Hall–Kier alpha value is -2.72. The SMILES string of the molecule is CC(CCOc1cnc(N2C[C@H](N)[C@@H](N3CCCCC3=O)C2)nc1)C1CCN(c2ncc(Cl)cn2)CC1. The molecular weight excluding hydrogens is 492 g/mol. The van der Waals surface area contributed by atoms with Gasteiger partial charge in [-0.1, -0.05) is 18.5 Å². The quantitative estimate of drug-likeness (QED) is 0.552. The van der Waals surface area contributed by atoms with Crippen LogP contribution in [-0.2, 0) is 4.79 Å². The number of rotatable bonds is 8. The van der Waals surface area contributed by atoms with E-state index in [1.54, 1.807) is 24.8 Å². The van der Waals surface area contributed by atoms with Crippen LogP contribution in [0.15, 0.2) is 24.8 Å². The van der Waals surface area contributed by atoms with Crippen LogP contribution >= 0.6 is 11.6 Å². The maximum Gasteiger partial charge on any atom is 0.225 e. The standard InChI is InChI=1S/C26H37ClN8O2/c1-18(19-5-9-33(10-6-19)25-29-12-20(27)13-30-25)7-11-37-21-14-31-26(32-15-21)34-16-22(28)23(17-34)35-8-3-2-4-24(35)36/h12-15,18-19,22-23H,2-11,16-17,28H2,1H3/t18?,22-,23-/m0/s1. The summed E-state index contributed by atoms with van der Waals surface area (Å²) >= 11 is 5.91. The van der Waals surface area contributed by atoms with Gasteiger partial charge in [-0.2, -0.15) is 0 Å². The Morgan fingerprint density at radius 1 is 1.00 bits per heavy atom. The third-order valence-corrected chi connectivity index (χ3v) is 8.26. The number of nitrogens with zero attached hydrogens (tertiary/aromatic N) is 7. The van der Waals surface area contributed by atoms with Crippen molar-refractivity contribution >= 4 is 29.4 Å². The molecule has 5 heterocycles. The number of piperidine rings is 2. The van der Waals surface area contributed by atoms with Crippen molar-refractivity contribution in [3.63, 3.8) is 0 Å². The highest BCUT2D eigenvalue weighted by Crippen LogP contribution is 2.29. The highest BCUT2D eigenvalue weighted by molar-refractivity contribution is 6.30. The summed E-state index contributed by atoms with van der Waals surface area (Å²) in [7, 11) is 0. The van der Waals surface area contributed by atoms with Gasteiger partial charge in [-0.15, -0.1) is 0 Å². The zero-order valence-corrected chi connectivity index (χ0v) is 22.3. The van der Waals surface area contributed by atoms with E-state index in [2.05, 4.69) is 36.7 Å². The molecule has 1 unspecified atom stereocenters. The zero-order valence-electron chi connectivity index (χ0n) is 21.5. The van der Waals surface area contributed by atoms with Gasteiger partial charge < -0.3 is 25.2 Å². The Kier molecular flexibility index (Phi) is 8.24. The van der Waals surface area contributed by atoms with Crippen molar-refractivity contribution in [1.82, 2.24) is 24.8 Å². The molecule has 2 aromatic rings. The third kappa shape index (κ3) is 6.23. The minimum absolute atomic E-state index is 0.0272. The molecule has 3 saturated heterocycles. The van der Waals surface area contributed by atoms with Crippen molar-refractivity contribution in [2.24, 2.45) is 17.6 Å². The Bertz CT molecular complexity index is 1030. The van der Waals surface area contributed by atoms with Crippen LogP contribution in [0.1, 0.15) is 45.4 Å². The van der Waals surface area contributed by atoms with E-state index in [4.69, 9.17) is 22.1 Å². The lowest BCUT2D eigenvalue weighted by molar-refractivity contribution is -0.135. The molecule has 1 amide bonds. The smallest absolute Gasteiger partial charge is 0.225 e. The lowest BCUT2D eigenvalue weighted by atomic mass is 9.84. The van der Waals surface area contributed by atoms with E-state index in [0.29, 0.717) is 54.7 Å². The van der Waals surface area contributed by atoms with Crippen LogP contribution in [0.2, 0.25) is 5.02 Å². The fourth-order valence-corrected chi connectivity index (χ4v) is 5.86. The van der Waals surface area contributed by atoms with Crippen molar-refractivity contribution in [2.75, 3.05) is 49.1 Å². The van der Waals surface area contributed by atoms with Crippen LogP contribution in [0.25, 0.3) is 0 Å². The van der Waals surface area contributed by atoms with Gasteiger partial charge in [0.25, 0.3) is 0 Å². The molecule has 37 heavy (non-hydrogen) atoms. The molecule has 0 bridgehead atoms. The summed E-state index contributed by atoms with van der Waals surface area (Å²) in [5.74, 6) is 3.51. The van der Waals surface area contributed by atoms with E-state index in [9.17, 15) is 4.79 Å². The molecule has 2 aromatic heterocycles. The Balaban J connectivity index is 1.05. The molecule has 5 rings (SSSR count). The van der Waals surface area contributed by atoms with Gasteiger partial charge in [-0.25, -0.2) is 19.9 Å². The van der Waals surface area contributed by atoms with Crippen LogP contribution < -0.4 is 20.3 Å². The normalized spacial score (nSPS) is 24.0. The molecule has 0 spiro atoms. The number of carbonyl (C=O) groups excluding carboxylic acids is 1. The topological polar surface area (TPSA) is 114 Å². The first kappa shape index (κ1) is 25.9. The summed E-state index contributed by atoms with van der Waals surface area (Å²) in [6.07, 6.45) is 12.7. The fraction of sp³-hybridized carbons (Fsp3) is 0.654. The molecule has 3 aliphatic heterocycles. The first-order chi connectivity index (χ1) is 18.0. The number of anilines is 2. The molecule has 3 aliphatic rings. The van der Waals surface area contributed by atoms with Gasteiger partial charge in [0.15, 0.2) is 5.75 Å². The number of nitrogens with two attached hydrogens (primary N) is 1. The van der Waals surface area contributed by atoms with Crippen molar-refractivity contribution in [3.8, 4) is 5.75 Å². The van der Waals surface area contributed by atoms with E-state index in [0.717, 1.165) is 57.7 Å². The number of aromatic nitrogens is 4. The number of halogens is 1. The summed E-state index contributed by atoms with van der Waals surface area (Å²) in [6.45, 7) is 6.98. The van der Waals surface area contributed by atoms with Crippen LogP contribution in [-0.4, -0.2) is 82.2 Å². The largest absolute Gasteiger partial charge is 0.490 e. The van der Waals surface area contributed by atoms with Gasteiger partial charge >= 0.3 is 0 Å². The number of amides is 1. The predicted octanol–water partition coefficient (Wildman–Crippen LogP) is 2.77. The molecule has 3 atom stereocenters. The van der Waals surface area contributed by atoms with Gasteiger partial charge in [0.1, 0.15) is 0 Å². The summed E-state index contributed by atoms with van der Waals surface area (Å²) in [5.41, 5.74) is 6.40. The van der Waals surface area contributed by atoms with Gasteiger partial charge in [0.05, 0.1) is 42.5 Å². The second-order valence-electron chi connectivity index (χ2n) is 10.5. The Labute approximate surface area is 223 Å². The second kappa shape index (κ2) is 11.8. The number of hydrogen-bond donors (Lipinski definition) is 1. The second-order valence-corrected chi connectivity index (χ2v) is 11.0. The molecule has 11 heteroatoms. The Morgan fingerprint density at radius 3 is 2.38 bits per heavy atom. The molecule has 3 fully saturated rings. The van der Waals surface area contributed by atoms with Gasteiger partial charge in [-0.05, 0) is 43.9 Å². The number of ether oxygens (including phenoxy) is 1. The molecule has 0 saturated carbocycles. The monoisotopic (exact) mass is 528 g/mol. The van der Waals surface area contributed by atoms with Crippen LogP contribution in [0.4, 0.5) is 11.9 Å². The highest BCUT2D eigenvalue weighted by Gasteiger charge is 2.38. The Morgan fingerprint density at radius 2 is 1.68 bits per heavy atom.